The quantitative estimate of drug-likeness (QED) is 0.432. The average molecular weight is 536 g/mol. The van der Waals surface area contributed by atoms with E-state index in [2.05, 4.69) is 36.4 Å². The normalized spacial score (nSPS) is 17.5. The van der Waals surface area contributed by atoms with Crippen LogP contribution in [0.1, 0.15) is 49.7 Å². The van der Waals surface area contributed by atoms with E-state index < -0.39 is 18.5 Å². The van der Waals surface area contributed by atoms with Crippen LogP contribution < -0.4 is 9.64 Å². The zero-order chi connectivity index (χ0) is 24.5. The number of rotatable bonds is 7. The maximum Gasteiger partial charge on any atom is 0.349 e. The van der Waals surface area contributed by atoms with Crippen LogP contribution in [0.15, 0.2) is 40.9 Å². The molecule has 1 heterocycles. The molecule has 1 fully saturated rings. The Labute approximate surface area is 204 Å². The maximum absolute atomic E-state index is 12.7. The Balaban J connectivity index is 2.03. The van der Waals surface area contributed by atoms with Gasteiger partial charge in [0.15, 0.2) is 17.2 Å². The highest BCUT2D eigenvalue weighted by Crippen LogP contribution is 2.47. The number of aliphatic carboxylic acids is 1. The Kier molecular flexibility index (Phi) is 7.33. The number of hydrogen-bond acceptors (Lipinski definition) is 5. The minimum absolute atomic E-state index is 0.0233. The fourth-order valence-corrected chi connectivity index (χ4v) is 6.37. The van der Waals surface area contributed by atoms with Crippen LogP contribution >= 0.6 is 27.3 Å². The van der Waals surface area contributed by atoms with E-state index in [0.29, 0.717) is 20.6 Å². The zero-order valence-corrected chi connectivity index (χ0v) is 21.1. The summed E-state index contributed by atoms with van der Waals surface area (Å²) in [4.78, 5) is 37.6. The minimum Gasteiger partial charge on any atom is -0.479 e. The number of carbonyl (C=O) groups is 3. The molecule has 176 valence electrons. The Morgan fingerprint density at radius 3 is 2.58 bits per heavy atom. The number of benzene rings is 1. The monoisotopic (exact) mass is 535 g/mol. The summed E-state index contributed by atoms with van der Waals surface area (Å²) in [6, 6.07) is 7.30. The number of amides is 1. The lowest BCUT2D eigenvalue weighted by atomic mass is 9.72. The van der Waals surface area contributed by atoms with Gasteiger partial charge in [0.1, 0.15) is 0 Å². The number of thiophene rings is 1. The highest BCUT2D eigenvalue weighted by atomic mass is 79.9. The molecule has 0 bridgehead atoms. The number of halogens is 1. The molecule has 2 aromatic rings. The van der Waals surface area contributed by atoms with Crippen LogP contribution in [0.4, 0.5) is 5.69 Å². The van der Waals surface area contributed by atoms with E-state index in [9.17, 15) is 19.5 Å². The summed E-state index contributed by atoms with van der Waals surface area (Å²) in [5.41, 5.74) is 2.55. The fraction of sp³-hybridized carbons (Fsp3) is 0.375. The summed E-state index contributed by atoms with van der Waals surface area (Å²) in [6.07, 6.45) is 2.50. The number of carbonyl (C=O) groups excluding carboxylic acids is 1. The highest BCUT2D eigenvalue weighted by molar-refractivity contribution is 9.10. The van der Waals surface area contributed by atoms with Gasteiger partial charge in [-0.1, -0.05) is 38.1 Å². The Morgan fingerprint density at radius 1 is 1.30 bits per heavy atom. The van der Waals surface area contributed by atoms with E-state index in [1.165, 1.54) is 0 Å². The Hall–Kier alpha value is -2.65. The van der Waals surface area contributed by atoms with Crippen LogP contribution in [0.25, 0.3) is 10.4 Å². The van der Waals surface area contributed by atoms with Gasteiger partial charge in [0.05, 0.1) is 9.35 Å². The number of hydrogen-bond donors (Lipinski definition) is 2. The van der Waals surface area contributed by atoms with Crippen molar-refractivity contribution in [3.05, 3.63) is 45.8 Å². The van der Waals surface area contributed by atoms with Crippen LogP contribution in [0.5, 0.6) is 5.75 Å². The molecule has 1 aliphatic carbocycles. The summed E-state index contributed by atoms with van der Waals surface area (Å²) >= 11 is 4.37. The predicted molar refractivity (Wildman–Crippen MR) is 131 cm³/mol. The van der Waals surface area contributed by atoms with Gasteiger partial charge in [0, 0.05) is 18.7 Å². The van der Waals surface area contributed by atoms with Gasteiger partial charge < -0.3 is 19.8 Å². The van der Waals surface area contributed by atoms with E-state index in [4.69, 9.17) is 9.84 Å². The van der Waals surface area contributed by atoms with Crippen LogP contribution in [0, 0.1) is 5.41 Å². The molecule has 0 spiro atoms. The first-order valence-electron chi connectivity index (χ1n) is 10.4. The lowest BCUT2D eigenvalue weighted by molar-refractivity contribution is -0.139. The van der Waals surface area contributed by atoms with Gasteiger partial charge in [-0.3, -0.25) is 4.79 Å². The Bertz CT molecular complexity index is 1120. The number of ether oxygens (including phenoxy) is 1. The first kappa shape index (κ1) is 25.0. The van der Waals surface area contributed by atoms with Crippen molar-refractivity contribution in [2.75, 3.05) is 11.5 Å². The van der Waals surface area contributed by atoms with E-state index in [0.717, 1.165) is 36.2 Å². The summed E-state index contributed by atoms with van der Waals surface area (Å²) in [5, 5.41) is 18.5. The molecule has 1 saturated carbocycles. The molecule has 1 aromatic carbocycles. The van der Waals surface area contributed by atoms with Gasteiger partial charge in [-0.2, -0.15) is 0 Å². The third kappa shape index (κ3) is 5.65. The molecule has 1 atom stereocenters. The van der Waals surface area contributed by atoms with Crippen molar-refractivity contribution in [3.63, 3.8) is 0 Å². The first-order chi connectivity index (χ1) is 15.4. The van der Waals surface area contributed by atoms with Gasteiger partial charge in [-0.15, -0.1) is 11.3 Å². The number of carboxylic acids is 2. The highest BCUT2D eigenvalue weighted by Gasteiger charge is 2.35. The SMILES string of the molecule is C=C1CC(N(C(C)=O)c2cccc(-c3sc(C(=O)O)c(OCC(=O)O)c3Br)c2)CC(C)(C)C1. The van der Waals surface area contributed by atoms with Gasteiger partial charge >= 0.3 is 11.9 Å². The number of carboxylic acid groups (broad SMARTS) is 2. The second-order valence-corrected chi connectivity index (χ2v) is 10.8. The summed E-state index contributed by atoms with van der Waals surface area (Å²) in [7, 11) is 0. The lowest BCUT2D eigenvalue weighted by Gasteiger charge is -2.42. The Morgan fingerprint density at radius 2 is 2.00 bits per heavy atom. The van der Waals surface area contributed by atoms with Gasteiger partial charge in [0.25, 0.3) is 0 Å². The first-order valence-corrected chi connectivity index (χ1v) is 12.0. The van der Waals surface area contributed by atoms with Crippen LogP contribution in [0.3, 0.4) is 0 Å². The predicted octanol–water partition coefficient (Wildman–Crippen LogP) is 5.83. The molecule has 9 heteroatoms. The van der Waals surface area contributed by atoms with Crippen molar-refractivity contribution < 1.29 is 29.3 Å². The topological polar surface area (TPSA) is 104 Å². The van der Waals surface area contributed by atoms with Crippen molar-refractivity contribution in [2.24, 2.45) is 5.41 Å². The smallest absolute Gasteiger partial charge is 0.349 e. The van der Waals surface area contributed by atoms with Crippen LogP contribution in [0.2, 0.25) is 0 Å². The van der Waals surface area contributed by atoms with E-state index in [-0.39, 0.29) is 28.0 Å². The van der Waals surface area contributed by atoms with Crippen LogP contribution in [-0.4, -0.2) is 40.7 Å². The number of aromatic carboxylic acids is 1. The molecule has 33 heavy (non-hydrogen) atoms. The van der Waals surface area contributed by atoms with Gasteiger partial charge in [0.2, 0.25) is 5.91 Å². The minimum atomic E-state index is -1.21. The molecule has 1 aromatic heterocycles. The van der Waals surface area contributed by atoms with E-state index in [1.54, 1.807) is 11.8 Å². The molecule has 1 aliphatic rings. The second kappa shape index (κ2) is 9.69. The molecule has 1 amide bonds. The third-order valence-corrected chi connectivity index (χ3v) is 7.70. The van der Waals surface area contributed by atoms with Crippen molar-refractivity contribution in [2.45, 2.75) is 46.1 Å². The summed E-state index contributed by atoms with van der Waals surface area (Å²) in [6.45, 7) is 9.41. The molecular weight excluding hydrogens is 510 g/mol. The molecular formula is C24H26BrNO6S. The molecule has 0 radical (unpaired) electrons. The largest absolute Gasteiger partial charge is 0.479 e. The molecule has 7 nitrogen and oxygen atoms in total. The molecule has 0 saturated heterocycles. The summed E-state index contributed by atoms with van der Waals surface area (Å²) in [5.74, 6) is -2.52. The number of anilines is 1. The molecule has 1 unspecified atom stereocenters. The zero-order valence-electron chi connectivity index (χ0n) is 18.7. The molecule has 3 rings (SSSR count). The average Bonchev–Trinajstić information content (AvgIpc) is 3.01. The van der Waals surface area contributed by atoms with Gasteiger partial charge in [-0.25, -0.2) is 9.59 Å². The maximum atomic E-state index is 12.7. The molecule has 0 aliphatic heterocycles. The van der Waals surface area contributed by atoms with Crippen molar-refractivity contribution in [1.29, 1.82) is 0 Å². The summed E-state index contributed by atoms with van der Waals surface area (Å²) < 4.78 is 5.61. The van der Waals surface area contributed by atoms with E-state index >= 15 is 0 Å². The van der Waals surface area contributed by atoms with Crippen molar-refractivity contribution >= 4 is 50.8 Å². The van der Waals surface area contributed by atoms with E-state index in [1.807, 2.05) is 24.3 Å². The third-order valence-electron chi connectivity index (χ3n) is 5.48. The standard InChI is InChI=1S/C24H26BrNO6S/c1-13-8-17(11-24(3,4)10-13)26(14(2)27)16-7-5-6-15(9-16)21-19(25)20(32-12-18(28)29)22(33-21)23(30)31/h5-7,9,17H,1,8,10-12H2,2-4H3,(H,28,29)(H,30,31). The van der Waals surface area contributed by atoms with Gasteiger partial charge in [-0.05, 0) is 58.3 Å². The number of nitrogens with zero attached hydrogens (tertiary/aromatic N) is 1. The molecule has 2 N–H and O–H groups in total. The lowest BCUT2D eigenvalue weighted by Crippen LogP contribution is -2.44. The van der Waals surface area contributed by atoms with Crippen molar-refractivity contribution in [1.82, 2.24) is 0 Å². The fourth-order valence-electron chi connectivity index (χ4n) is 4.48. The van der Waals surface area contributed by atoms with Crippen LogP contribution in [-0.2, 0) is 9.59 Å². The second-order valence-electron chi connectivity index (χ2n) is 8.98. The van der Waals surface area contributed by atoms with Crippen molar-refractivity contribution in [3.8, 4) is 16.2 Å².